The van der Waals surface area contributed by atoms with Gasteiger partial charge >= 0.3 is 6.18 Å². The van der Waals surface area contributed by atoms with E-state index in [9.17, 15) is 31.8 Å². The molecule has 0 aliphatic heterocycles. The Bertz CT molecular complexity index is 1320. The molecule has 8 nitrogen and oxygen atoms in total. The molecule has 13 heteroatoms. The van der Waals surface area contributed by atoms with Crippen molar-refractivity contribution >= 4 is 26.3 Å². The molecule has 0 radical (unpaired) electrons. The molecule has 0 spiro atoms. The number of imidazole rings is 1. The summed E-state index contributed by atoms with van der Waals surface area (Å²) < 4.78 is 71.3. The highest BCUT2D eigenvalue weighted by molar-refractivity contribution is 7.89. The highest BCUT2D eigenvalue weighted by atomic mass is 32.2. The van der Waals surface area contributed by atoms with Crippen LogP contribution in [-0.2, 0) is 21.8 Å². The van der Waals surface area contributed by atoms with Gasteiger partial charge in [-0.05, 0) is 58.6 Å². The number of aryl methyl sites for hydroxylation is 1. The Kier molecular flexibility index (Phi) is 6.30. The quantitative estimate of drug-likeness (QED) is 0.475. The lowest BCUT2D eigenvalue weighted by Crippen LogP contribution is -2.39. The Morgan fingerprint density at radius 2 is 1.82 bits per heavy atom. The van der Waals surface area contributed by atoms with Crippen LogP contribution in [0.5, 0.6) is 0 Å². The fourth-order valence-corrected chi connectivity index (χ4v) is 6.53. The molecule has 0 atom stereocenters. The number of sulfonamides is 1. The number of benzene rings is 1. The molecule has 4 rings (SSSR count). The Balaban J connectivity index is 1.82. The van der Waals surface area contributed by atoms with E-state index in [0.717, 1.165) is 23.5 Å². The number of nitrogens with one attached hydrogen (secondary N) is 1. The maximum Gasteiger partial charge on any atom is 0.417 e. The number of nitrogens with zero attached hydrogens (tertiary/aromatic N) is 3. The minimum Gasteiger partial charge on any atom is -0.393 e. The number of aromatic nitrogens is 3. The summed E-state index contributed by atoms with van der Waals surface area (Å²) in [6.45, 7) is 4.75. The van der Waals surface area contributed by atoms with Crippen LogP contribution in [0.3, 0.4) is 0 Å². The standard InChI is InChI=1S/C21H25F3N4O4S2/c1-11-17(28-19(25-11)33-18(26-28)20(2,3)30)12-4-9-15(21(22,23)24)16(10-12)34(31,32)27-13-5-7-14(29)8-6-13/h4,9-10,13-14,27,29-30H,5-8H2,1-3H3. The highest BCUT2D eigenvalue weighted by Gasteiger charge is 2.38. The Morgan fingerprint density at radius 3 is 2.41 bits per heavy atom. The van der Waals surface area contributed by atoms with Crippen molar-refractivity contribution < 1.29 is 31.8 Å². The molecule has 3 aromatic rings. The first-order chi connectivity index (χ1) is 15.7. The molecule has 0 amide bonds. The Labute approximate surface area is 198 Å². The van der Waals surface area contributed by atoms with Gasteiger partial charge in [0.15, 0.2) is 0 Å². The molecule has 2 heterocycles. The van der Waals surface area contributed by atoms with Crippen molar-refractivity contribution in [3.8, 4) is 11.3 Å². The molecule has 1 aliphatic carbocycles. The normalized spacial score (nSPS) is 20.2. The third-order valence-corrected chi connectivity index (χ3v) is 8.55. The van der Waals surface area contributed by atoms with Gasteiger partial charge < -0.3 is 10.2 Å². The van der Waals surface area contributed by atoms with E-state index in [-0.39, 0.29) is 5.56 Å². The zero-order chi connectivity index (χ0) is 25.1. The molecule has 34 heavy (non-hydrogen) atoms. The van der Waals surface area contributed by atoms with E-state index in [1.54, 1.807) is 20.8 Å². The van der Waals surface area contributed by atoms with Crippen LogP contribution >= 0.6 is 11.3 Å². The smallest absolute Gasteiger partial charge is 0.393 e. The molecule has 1 fully saturated rings. The predicted octanol–water partition coefficient (Wildman–Crippen LogP) is 3.59. The zero-order valence-corrected chi connectivity index (χ0v) is 20.4. The van der Waals surface area contributed by atoms with Gasteiger partial charge in [-0.1, -0.05) is 17.4 Å². The SMILES string of the molecule is Cc1nc2sc(C(C)(C)O)nn2c1-c1ccc(C(F)(F)F)c(S(=O)(=O)NC2CCC(O)CC2)c1. The molecule has 0 bridgehead atoms. The molecule has 0 unspecified atom stereocenters. The van der Waals surface area contributed by atoms with E-state index in [1.165, 1.54) is 10.6 Å². The van der Waals surface area contributed by atoms with E-state index in [1.807, 2.05) is 0 Å². The molecular formula is C21H25F3N4O4S2. The fraction of sp³-hybridized carbons (Fsp3) is 0.524. The highest BCUT2D eigenvalue weighted by Crippen LogP contribution is 2.38. The lowest BCUT2D eigenvalue weighted by atomic mass is 9.94. The van der Waals surface area contributed by atoms with Crippen LogP contribution in [0.4, 0.5) is 13.2 Å². The summed E-state index contributed by atoms with van der Waals surface area (Å²) in [5.41, 5.74) is -1.52. The summed E-state index contributed by atoms with van der Waals surface area (Å²) in [5.74, 6) is 0. The van der Waals surface area contributed by atoms with Crippen LogP contribution < -0.4 is 4.72 Å². The van der Waals surface area contributed by atoms with Crippen LogP contribution in [0.2, 0.25) is 0 Å². The summed E-state index contributed by atoms with van der Waals surface area (Å²) in [6, 6.07) is 2.37. The number of fused-ring (bicyclic) bond motifs is 1. The number of aliphatic hydroxyl groups is 2. The van der Waals surface area contributed by atoms with Gasteiger partial charge in [-0.3, -0.25) is 0 Å². The van der Waals surface area contributed by atoms with Gasteiger partial charge in [0.1, 0.15) is 10.6 Å². The number of aliphatic hydroxyl groups excluding tert-OH is 1. The number of rotatable bonds is 5. The molecule has 186 valence electrons. The van der Waals surface area contributed by atoms with Gasteiger partial charge in [-0.15, -0.1) is 0 Å². The molecule has 2 aromatic heterocycles. The van der Waals surface area contributed by atoms with Gasteiger partial charge in [0.25, 0.3) is 0 Å². The van der Waals surface area contributed by atoms with Crippen molar-refractivity contribution in [2.24, 2.45) is 0 Å². The van der Waals surface area contributed by atoms with Crippen LogP contribution in [-0.4, -0.2) is 45.4 Å². The van der Waals surface area contributed by atoms with Gasteiger partial charge in [0, 0.05) is 11.6 Å². The molecule has 0 saturated heterocycles. The molecule has 1 aromatic carbocycles. The lowest BCUT2D eigenvalue weighted by Gasteiger charge is -2.26. The summed E-state index contributed by atoms with van der Waals surface area (Å²) in [4.78, 5) is 3.93. The second kappa shape index (κ2) is 8.55. The minimum atomic E-state index is -4.89. The Hall–Kier alpha value is -2.06. The second-order valence-electron chi connectivity index (χ2n) is 9.04. The Morgan fingerprint density at radius 1 is 1.18 bits per heavy atom. The van der Waals surface area contributed by atoms with E-state index in [4.69, 9.17) is 0 Å². The predicted molar refractivity (Wildman–Crippen MR) is 120 cm³/mol. The van der Waals surface area contributed by atoms with E-state index < -0.39 is 44.4 Å². The van der Waals surface area contributed by atoms with Crippen molar-refractivity contribution in [2.45, 2.75) is 75.3 Å². The van der Waals surface area contributed by atoms with Crippen LogP contribution in [0, 0.1) is 6.92 Å². The molecule has 1 saturated carbocycles. The van der Waals surface area contributed by atoms with Crippen molar-refractivity contribution in [3.63, 3.8) is 0 Å². The van der Waals surface area contributed by atoms with E-state index >= 15 is 0 Å². The maximum atomic E-state index is 13.8. The number of hydrogen-bond donors (Lipinski definition) is 3. The van der Waals surface area contributed by atoms with Gasteiger partial charge in [-0.2, -0.15) is 18.3 Å². The van der Waals surface area contributed by atoms with Crippen LogP contribution in [0.25, 0.3) is 16.2 Å². The average molecular weight is 519 g/mol. The number of hydrogen-bond acceptors (Lipinski definition) is 7. The summed E-state index contributed by atoms with van der Waals surface area (Å²) in [7, 11) is -4.53. The average Bonchev–Trinajstić information content (AvgIpc) is 3.25. The van der Waals surface area contributed by atoms with E-state index in [0.29, 0.717) is 47.0 Å². The molecule has 3 N–H and O–H groups in total. The summed E-state index contributed by atoms with van der Waals surface area (Å²) in [5, 5.41) is 24.6. The minimum absolute atomic E-state index is 0.199. The zero-order valence-electron chi connectivity index (χ0n) is 18.7. The van der Waals surface area contributed by atoms with Crippen molar-refractivity contribution in [1.82, 2.24) is 19.3 Å². The van der Waals surface area contributed by atoms with Crippen LogP contribution in [0.1, 0.15) is 55.8 Å². The van der Waals surface area contributed by atoms with Gasteiger partial charge in [0.05, 0.1) is 28.0 Å². The first kappa shape index (κ1) is 25.0. The van der Waals surface area contributed by atoms with Crippen molar-refractivity contribution in [2.75, 3.05) is 0 Å². The van der Waals surface area contributed by atoms with Crippen LogP contribution in [0.15, 0.2) is 23.1 Å². The summed E-state index contributed by atoms with van der Waals surface area (Å²) >= 11 is 1.13. The molecule has 1 aliphatic rings. The second-order valence-corrected chi connectivity index (χ2v) is 11.7. The monoisotopic (exact) mass is 518 g/mol. The molecular weight excluding hydrogens is 493 g/mol. The third-order valence-electron chi connectivity index (χ3n) is 5.77. The maximum absolute atomic E-state index is 13.8. The summed E-state index contributed by atoms with van der Waals surface area (Å²) in [6.07, 6.45) is -4.00. The number of halogens is 3. The largest absolute Gasteiger partial charge is 0.417 e. The first-order valence-electron chi connectivity index (χ1n) is 10.7. The lowest BCUT2D eigenvalue weighted by molar-refractivity contribution is -0.139. The van der Waals surface area contributed by atoms with Crippen molar-refractivity contribution in [1.29, 1.82) is 0 Å². The van der Waals surface area contributed by atoms with Crippen molar-refractivity contribution in [3.05, 3.63) is 34.5 Å². The van der Waals surface area contributed by atoms with E-state index in [2.05, 4.69) is 14.8 Å². The topological polar surface area (TPSA) is 117 Å². The fourth-order valence-electron chi connectivity index (χ4n) is 4.03. The third kappa shape index (κ3) is 4.85. The number of alkyl halides is 3. The van der Waals surface area contributed by atoms with Gasteiger partial charge in [-0.25, -0.2) is 22.6 Å². The first-order valence-corrected chi connectivity index (χ1v) is 13.0. The van der Waals surface area contributed by atoms with Gasteiger partial charge in [0.2, 0.25) is 15.0 Å².